The SMILES string of the molecule is COc1ccc(C(O)COc2ccc3ccc(=O)oc3c2)cc1F. The normalized spacial score (nSPS) is 12.1. The van der Waals surface area contributed by atoms with Crippen LogP contribution < -0.4 is 15.1 Å². The Balaban J connectivity index is 1.72. The zero-order chi connectivity index (χ0) is 17.1. The molecule has 0 amide bonds. The van der Waals surface area contributed by atoms with Crippen molar-refractivity contribution in [3.05, 3.63) is 70.3 Å². The molecule has 6 heteroatoms. The Hall–Kier alpha value is -2.86. The smallest absolute Gasteiger partial charge is 0.336 e. The van der Waals surface area contributed by atoms with Gasteiger partial charge in [-0.15, -0.1) is 0 Å². The number of hydrogen-bond acceptors (Lipinski definition) is 5. The zero-order valence-electron chi connectivity index (χ0n) is 12.9. The Morgan fingerprint density at radius 2 is 1.96 bits per heavy atom. The van der Waals surface area contributed by atoms with E-state index in [0.29, 0.717) is 16.9 Å². The minimum Gasteiger partial charge on any atom is -0.494 e. The summed E-state index contributed by atoms with van der Waals surface area (Å²) in [5, 5.41) is 10.9. The molecule has 0 saturated carbocycles. The molecule has 1 aromatic heterocycles. The lowest BCUT2D eigenvalue weighted by Crippen LogP contribution is -2.10. The van der Waals surface area contributed by atoms with Gasteiger partial charge in [0, 0.05) is 17.5 Å². The number of halogens is 1. The maximum Gasteiger partial charge on any atom is 0.336 e. The molecule has 0 spiro atoms. The molecule has 1 atom stereocenters. The molecule has 124 valence electrons. The molecule has 1 heterocycles. The first kappa shape index (κ1) is 16.0. The van der Waals surface area contributed by atoms with E-state index in [1.807, 2.05) is 0 Å². The fraction of sp³-hybridized carbons (Fsp3) is 0.167. The average molecular weight is 330 g/mol. The van der Waals surface area contributed by atoms with Crippen molar-refractivity contribution < 1.29 is 23.4 Å². The number of fused-ring (bicyclic) bond motifs is 1. The van der Waals surface area contributed by atoms with Crippen LogP contribution in [0.25, 0.3) is 11.0 Å². The molecule has 0 aliphatic carbocycles. The van der Waals surface area contributed by atoms with Crippen molar-refractivity contribution in [3.63, 3.8) is 0 Å². The minimum absolute atomic E-state index is 0.0751. The largest absolute Gasteiger partial charge is 0.494 e. The fourth-order valence-corrected chi connectivity index (χ4v) is 2.29. The highest BCUT2D eigenvalue weighted by molar-refractivity contribution is 5.77. The molecule has 1 N–H and O–H groups in total. The summed E-state index contributed by atoms with van der Waals surface area (Å²) in [4.78, 5) is 11.2. The summed E-state index contributed by atoms with van der Waals surface area (Å²) >= 11 is 0. The van der Waals surface area contributed by atoms with Crippen LogP contribution in [0.1, 0.15) is 11.7 Å². The zero-order valence-corrected chi connectivity index (χ0v) is 12.9. The third-order valence-corrected chi connectivity index (χ3v) is 3.56. The van der Waals surface area contributed by atoms with Gasteiger partial charge in [0.25, 0.3) is 0 Å². The Bertz CT molecular complexity index is 919. The molecule has 5 nitrogen and oxygen atoms in total. The first-order valence-electron chi connectivity index (χ1n) is 7.25. The molecule has 0 aliphatic rings. The van der Waals surface area contributed by atoms with E-state index >= 15 is 0 Å². The molecule has 3 rings (SSSR count). The van der Waals surface area contributed by atoms with Gasteiger partial charge in [0.15, 0.2) is 11.6 Å². The Kier molecular flexibility index (Phi) is 4.48. The van der Waals surface area contributed by atoms with Gasteiger partial charge in [0.1, 0.15) is 24.0 Å². The summed E-state index contributed by atoms with van der Waals surface area (Å²) in [5.41, 5.74) is 0.319. The second-order valence-electron chi connectivity index (χ2n) is 5.17. The molecular formula is C18H15FO5. The number of methoxy groups -OCH3 is 1. The van der Waals surface area contributed by atoms with Crippen molar-refractivity contribution in [2.45, 2.75) is 6.10 Å². The summed E-state index contributed by atoms with van der Waals surface area (Å²) in [6, 6.07) is 12.2. The van der Waals surface area contributed by atoms with Gasteiger partial charge >= 0.3 is 5.63 Å². The molecule has 0 aliphatic heterocycles. The van der Waals surface area contributed by atoms with E-state index in [2.05, 4.69) is 0 Å². The van der Waals surface area contributed by atoms with Crippen molar-refractivity contribution in [1.29, 1.82) is 0 Å². The average Bonchev–Trinajstić information content (AvgIpc) is 2.59. The predicted octanol–water partition coefficient (Wildman–Crippen LogP) is 3.05. The first-order chi connectivity index (χ1) is 11.6. The van der Waals surface area contributed by atoms with Crippen LogP contribution in [-0.4, -0.2) is 18.8 Å². The maximum atomic E-state index is 13.7. The van der Waals surface area contributed by atoms with Crippen LogP contribution in [0.5, 0.6) is 11.5 Å². The van der Waals surface area contributed by atoms with Crippen LogP contribution in [0.3, 0.4) is 0 Å². The molecule has 3 aromatic rings. The van der Waals surface area contributed by atoms with E-state index in [-0.39, 0.29) is 12.4 Å². The molecule has 0 bridgehead atoms. The summed E-state index contributed by atoms with van der Waals surface area (Å²) in [7, 11) is 1.37. The summed E-state index contributed by atoms with van der Waals surface area (Å²) in [6.45, 7) is -0.0751. The number of ether oxygens (including phenoxy) is 2. The van der Waals surface area contributed by atoms with Gasteiger partial charge in [-0.05, 0) is 35.9 Å². The van der Waals surface area contributed by atoms with E-state index < -0.39 is 17.5 Å². The van der Waals surface area contributed by atoms with E-state index in [1.54, 1.807) is 30.3 Å². The van der Waals surface area contributed by atoms with E-state index in [9.17, 15) is 14.3 Å². The Labute approximate surface area is 136 Å². The lowest BCUT2D eigenvalue weighted by Gasteiger charge is -2.14. The summed E-state index contributed by atoms with van der Waals surface area (Å²) in [6.07, 6.45) is -1.01. The minimum atomic E-state index is -1.01. The van der Waals surface area contributed by atoms with Crippen molar-refractivity contribution in [1.82, 2.24) is 0 Å². The van der Waals surface area contributed by atoms with Crippen molar-refractivity contribution in [3.8, 4) is 11.5 Å². The summed E-state index contributed by atoms with van der Waals surface area (Å²) in [5.74, 6) is -0.0113. The first-order valence-corrected chi connectivity index (χ1v) is 7.25. The highest BCUT2D eigenvalue weighted by Gasteiger charge is 2.12. The predicted molar refractivity (Wildman–Crippen MR) is 85.9 cm³/mol. The van der Waals surface area contributed by atoms with Gasteiger partial charge in [-0.1, -0.05) is 6.07 Å². The molecule has 1 unspecified atom stereocenters. The van der Waals surface area contributed by atoms with Gasteiger partial charge in [0.05, 0.1) is 7.11 Å². The van der Waals surface area contributed by atoms with E-state index in [0.717, 1.165) is 5.39 Å². The number of benzene rings is 2. The second kappa shape index (κ2) is 6.72. The van der Waals surface area contributed by atoms with Crippen LogP contribution in [0.4, 0.5) is 4.39 Å². The molecule has 0 fully saturated rings. The molecule has 2 aromatic carbocycles. The van der Waals surface area contributed by atoms with Gasteiger partial charge < -0.3 is 19.0 Å². The van der Waals surface area contributed by atoms with Crippen LogP contribution in [0, 0.1) is 5.82 Å². The van der Waals surface area contributed by atoms with Crippen molar-refractivity contribution in [2.24, 2.45) is 0 Å². The van der Waals surface area contributed by atoms with Gasteiger partial charge in [-0.25, -0.2) is 9.18 Å². The number of aliphatic hydroxyl groups excluding tert-OH is 1. The van der Waals surface area contributed by atoms with Crippen molar-refractivity contribution in [2.75, 3.05) is 13.7 Å². The number of rotatable bonds is 5. The molecule has 24 heavy (non-hydrogen) atoms. The van der Waals surface area contributed by atoms with Gasteiger partial charge in [-0.3, -0.25) is 0 Å². The highest BCUT2D eigenvalue weighted by atomic mass is 19.1. The standard InChI is InChI=1S/C18H15FO5/c1-22-16-6-3-12(8-14(16)19)15(20)10-23-13-5-2-11-4-7-18(21)24-17(11)9-13/h2-9,15,20H,10H2,1H3. The highest BCUT2D eigenvalue weighted by Crippen LogP contribution is 2.24. The fourth-order valence-electron chi connectivity index (χ4n) is 2.29. The lowest BCUT2D eigenvalue weighted by molar-refractivity contribution is 0.108. The van der Waals surface area contributed by atoms with Crippen LogP contribution >= 0.6 is 0 Å². The quantitative estimate of drug-likeness (QED) is 0.728. The third-order valence-electron chi connectivity index (χ3n) is 3.56. The summed E-state index contributed by atoms with van der Waals surface area (Å²) < 4.78 is 29.1. The topological polar surface area (TPSA) is 68.9 Å². The van der Waals surface area contributed by atoms with Crippen molar-refractivity contribution >= 4 is 11.0 Å². The number of aliphatic hydroxyl groups is 1. The van der Waals surface area contributed by atoms with Gasteiger partial charge in [-0.2, -0.15) is 0 Å². The third kappa shape index (κ3) is 3.38. The maximum absolute atomic E-state index is 13.7. The molecule has 0 radical (unpaired) electrons. The Morgan fingerprint density at radius 1 is 1.17 bits per heavy atom. The van der Waals surface area contributed by atoms with Crippen LogP contribution in [0.2, 0.25) is 0 Å². The van der Waals surface area contributed by atoms with Crippen LogP contribution in [0.15, 0.2) is 57.7 Å². The van der Waals surface area contributed by atoms with E-state index in [1.165, 1.54) is 25.3 Å². The van der Waals surface area contributed by atoms with E-state index in [4.69, 9.17) is 13.9 Å². The monoisotopic (exact) mass is 330 g/mol. The number of hydrogen-bond donors (Lipinski definition) is 1. The lowest BCUT2D eigenvalue weighted by atomic mass is 10.1. The van der Waals surface area contributed by atoms with Crippen LogP contribution in [-0.2, 0) is 0 Å². The van der Waals surface area contributed by atoms with Gasteiger partial charge in [0.2, 0.25) is 0 Å². The molecular weight excluding hydrogens is 315 g/mol. The molecule has 0 saturated heterocycles. The Morgan fingerprint density at radius 3 is 2.71 bits per heavy atom. The second-order valence-corrected chi connectivity index (χ2v) is 5.17.